The fourth-order valence-corrected chi connectivity index (χ4v) is 3.50. The minimum Gasteiger partial charge on any atom is -0.340 e. The number of nitrogens with zero attached hydrogens (tertiary/aromatic N) is 6. The van der Waals surface area contributed by atoms with Gasteiger partial charge < -0.3 is 10.6 Å². The van der Waals surface area contributed by atoms with Crippen molar-refractivity contribution in [1.29, 1.82) is 0 Å². The van der Waals surface area contributed by atoms with Crippen molar-refractivity contribution in [3.05, 3.63) is 95.8 Å². The van der Waals surface area contributed by atoms with Crippen molar-refractivity contribution < 1.29 is 4.79 Å². The molecule has 1 amide bonds. The second kappa shape index (κ2) is 8.94. The van der Waals surface area contributed by atoms with E-state index in [1.54, 1.807) is 47.4 Å². The number of anilines is 3. The van der Waals surface area contributed by atoms with Crippen LogP contribution in [0.2, 0.25) is 0 Å². The Morgan fingerprint density at radius 2 is 1.79 bits per heavy atom. The van der Waals surface area contributed by atoms with Crippen molar-refractivity contribution in [3.8, 4) is 5.82 Å². The third-order valence-electron chi connectivity index (χ3n) is 5.08. The van der Waals surface area contributed by atoms with Gasteiger partial charge in [0, 0.05) is 29.8 Å². The molecule has 5 rings (SSSR count). The van der Waals surface area contributed by atoms with Crippen molar-refractivity contribution in [2.45, 2.75) is 13.5 Å². The second-order valence-electron chi connectivity index (χ2n) is 7.57. The number of benzene rings is 2. The molecule has 0 atom stereocenters. The fourth-order valence-electron chi connectivity index (χ4n) is 3.50. The molecule has 0 spiro atoms. The van der Waals surface area contributed by atoms with Gasteiger partial charge >= 0.3 is 0 Å². The molecule has 0 aliphatic heterocycles. The van der Waals surface area contributed by atoms with E-state index in [4.69, 9.17) is 0 Å². The first-order valence-corrected chi connectivity index (χ1v) is 10.5. The molecule has 0 aliphatic rings. The van der Waals surface area contributed by atoms with Gasteiger partial charge in [-0.3, -0.25) is 18.7 Å². The molecule has 34 heavy (non-hydrogen) atoms. The van der Waals surface area contributed by atoms with Crippen LogP contribution in [0.25, 0.3) is 16.7 Å². The first-order chi connectivity index (χ1) is 16.5. The summed E-state index contributed by atoms with van der Waals surface area (Å²) in [4.78, 5) is 42.2. The molecule has 168 valence electrons. The molecule has 2 aromatic carbocycles. The molecule has 3 heterocycles. The molecule has 0 saturated heterocycles. The molecular weight excluding hydrogens is 432 g/mol. The number of amides is 1. The Kier molecular flexibility index (Phi) is 5.53. The molecule has 0 saturated carbocycles. The van der Waals surface area contributed by atoms with Gasteiger partial charge in [-0.05, 0) is 43.3 Å². The minimum absolute atomic E-state index is 0.131. The summed E-state index contributed by atoms with van der Waals surface area (Å²) in [5.74, 6) is 1.64. The Morgan fingerprint density at radius 3 is 2.59 bits per heavy atom. The molecular formula is C24H20N8O2. The Bertz CT molecular complexity index is 1530. The van der Waals surface area contributed by atoms with E-state index in [9.17, 15) is 9.59 Å². The van der Waals surface area contributed by atoms with Crippen LogP contribution in [0.15, 0.2) is 84.4 Å². The normalized spacial score (nSPS) is 10.9. The van der Waals surface area contributed by atoms with Crippen LogP contribution >= 0.6 is 0 Å². The van der Waals surface area contributed by atoms with E-state index in [0.717, 1.165) is 5.69 Å². The predicted octanol–water partition coefficient (Wildman–Crippen LogP) is 3.06. The smallest absolute Gasteiger partial charge is 0.261 e. The third-order valence-corrected chi connectivity index (χ3v) is 5.08. The third kappa shape index (κ3) is 4.51. The lowest BCUT2D eigenvalue weighted by molar-refractivity contribution is -0.116. The van der Waals surface area contributed by atoms with Crippen LogP contribution in [0.3, 0.4) is 0 Å². The maximum absolute atomic E-state index is 12.6. The van der Waals surface area contributed by atoms with E-state index in [-0.39, 0.29) is 18.0 Å². The highest BCUT2D eigenvalue weighted by Gasteiger charge is 2.09. The zero-order chi connectivity index (χ0) is 23.5. The predicted molar refractivity (Wildman–Crippen MR) is 128 cm³/mol. The van der Waals surface area contributed by atoms with Crippen LogP contribution in [-0.4, -0.2) is 35.0 Å². The van der Waals surface area contributed by atoms with Gasteiger partial charge in [-0.1, -0.05) is 12.1 Å². The van der Waals surface area contributed by atoms with Crippen LogP contribution in [0.5, 0.6) is 0 Å². The highest BCUT2D eigenvalue weighted by atomic mass is 16.2. The number of hydrogen-bond acceptors (Lipinski definition) is 7. The Morgan fingerprint density at radius 1 is 1.00 bits per heavy atom. The average Bonchev–Trinajstić information content (AvgIpc) is 3.37. The SMILES string of the molecule is Cc1nc(Nc2ccc(NC(=O)Cn3cnc4ccccc4c3=O)cc2)cc(-n2ccnc2)n1. The van der Waals surface area contributed by atoms with Gasteiger partial charge in [0.1, 0.15) is 30.3 Å². The second-order valence-corrected chi connectivity index (χ2v) is 7.57. The van der Waals surface area contributed by atoms with Gasteiger partial charge in [0.05, 0.1) is 17.2 Å². The number of rotatable bonds is 6. The number of nitrogens with one attached hydrogen (secondary N) is 2. The van der Waals surface area contributed by atoms with E-state index in [1.165, 1.54) is 10.9 Å². The molecule has 2 N–H and O–H groups in total. The molecule has 0 radical (unpaired) electrons. The summed E-state index contributed by atoms with van der Waals surface area (Å²) in [5, 5.41) is 6.52. The zero-order valence-corrected chi connectivity index (χ0v) is 18.2. The number of aryl methyl sites for hydroxylation is 1. The van der Waals surface area contributed by atoms with Gasteiger partial charge in [-0.2, -0.15) is 0 Å². The number of carbonyl (C=O) groups excluding carboxylic acids is 1. The van der Waals surface area contributed by atoms with Crippen molar-refractivity contribution in [3.63, 3.8) is 0 Å². The van der Waals surface area contributed by atoms with Crippen molar-refractivity contribution in [1.82, 2.24) is 29.1 Å². The van der Waals surface area contributed by atoms with Gasteiger partial charge in [-0.15, -0.1) is 0 Å². The van der Waals surface area contributed by atoms with Crippen LogP contribution < -0.4 is 16.2 Å². The van der Waals surface area contributed by atoms with Gasteiger partial charge in [0.15, 0.2) is 0 Å². The highest BCUT2D eigenvalue weighted by Crippen LogP contribution is 2.19. The first-order valence-electron chi connectivity index (χ1n) is 10.5. The maximum Gasteiger partial charge on any atom is 0.261 e. The monoisotopic (exact) mass is 452 g/mol. The summed E-state index contributed by atoms with van der Waals surface area (Å²) < 4.78 is 3.10. The van der Waals surface area contributed by atoms with Gasteiger partial charge in [0.2, 0.25) is 5.91 Å². The minimum atomic E-state index is -0.323. The summed E-state index contributed by atoms with van der Waals surface area (Å²) in [5.41, 5.74) is 1.75. The Labute approximate surface area is 194 Å². The molecule has 10 heteroatoms. The molecule has 3 aromatic heterocycles. The van der Waals surface area contributed by atoms with Crippen molar-refractivity contribution in [2.24, 2.45) is 0 Å². The highest BCUT2D eigenvalue weighted by molar-refractivity contribution is 5.91. The van der Waals surface area contributed by atoms with E-state index in [0.29, 0.717) is 34.1 Å². The van der Waals surface area contributed by atoms with E-state index >= 15 is 0 Å². The van der Waals surface area contributed by atoms with Crippen LogP contribution in [0, 0.1) is 6.92 Å². The number of para-hydroxylation sites is 1. The first kappa shape index (κ1) is 21.0. The molecule has 5 aromatic rings. The average molecular weight is 452 g/mol. The standard InChI is InChI=1S/C24H20N8O2/c1-16-27-21(12-22(28-16)31-11-10-25-14-31)29-17-6-8-18(9-7-17)30-23(33)13-32-15-26-20-5-3-2-4-19(20)24(32)34/h2-12,14-15H,13H2,1H3,(H,30,33)(H,27,28,29). The summed E-state index contributed by atoms with van der Waals surface area (Å²) in [6, 6.07) is 16.1. The zero-order valence-electron chi connectivity index (χ0n) is 18.2. The lowest BCUT2D eigenvalue weighted by Gasteiger charge is -2.11. The molecule has 0 bridgehead atoms. The van der Waals surface area contributed by atoms with Crippen LogP contribution in [-0.2, 0) is 11.3 Å². The molecule has 0 fully saturated rings. The van der Waals surface area contributed by atoms with Crippen LogP contribution in [0.1, 0.15) is 5.82 Å². The van der Waals surface area contributed by atoms with Gasteiger partial charge in [0.25, 0.3) is 5.56 Å². The van der Waals surface area contributed by atoms with Crippen LogP contribution in [0.4, 0.5) is 17.2 Å². The summed E-state index contributed by atoms with van der Waals surface area (Å²) in [6.07, 6.45) is 6.56. The van der Waals surface area contributed by atoms with Gasteiger partial charge in [-0.25, -0.2) is 19.9 Å². The summed E-state index contributed by atoms with van der Waals surface area (Å²) in [7, 11) is 0. The summed E-state index contributed by atoms with van der Waals surface area (Å²) >= 11 is 0. The lowest BCUT2D eigenvalue weighted by atomic mass is 10.2. The number of aromatic nitrogens is 6. The van der Waals surface area contributed by atoms with E-state index in [2.05, 4.69) is 30.6 Å². The van der Waals surface area contributed by atoms with Crippen molar-refractivity contribution >= 4 is 34.0 Å². The largest absolute Gasteiger partial charge is 0.340 e. The number of carbonyl (C=O) groups is 1. The maximum atomic E-state index is 12.6. The fraction of sp³-hybridized carbons (Fsp3) is 0.0833. The lowest BCUT2D eigenvalue weighted by Crippen LogP contribution is -2.27. The number of fused-ring (bicyclic) bond motifs is 1. The van der Waals surface area contributed by atoms with Crippen molar-refractivity contribution in [2.75, 3.05) is 10.6 Å². The molecule has 0 unspecified atom stereocenters. The topological polar surface area (TPSA) is 120 Å². The van der Waals surface area contributed by atoms with E-state index in [1.807, 2.05) is 37.4 Å². The Balaban J connectivity index is 1.26. The number of hydrogen-bond donors (Lipinski definition) is 2. The number of imidazole rings is 1. The Hall–Kier alpha value is -4.86. The molecule has 0 aliphatic carbocycles. The molecule has 10 nitrogen and oxygen atoms in total. The summed E-state index contributed by atoms with van der Waals surface area (Å²) in [6.45, 7) is 1.69. The quantitative estimate of drug-likeness (QED) is 0.406. The van der Waals surface area contributed by atoms with E-state index < -0.39 is 0 Å².